The van der Waals surface area contributed by atoms with Crippen LogP contribution >= 0.6 is 11.6 Å². The van der Waals surface area contributed by atoms with Crippen LogP contribution in [0.1, 0.15) is 18.4 Å². The quantitative estimate of drug-likeness (QED) is 0.738. The summed E-state index contributed by atoms with van der Waals surface area (Å²) in [5, 5.41) is 9.03. The Morgan fingerprint density at radius 1 is 1.19 bits per heavy atom. The van der Waals surface area contributed by atoms with Crippen LogP contribution in [0.2, 0.25) is 5.02 Å². The van der Waals surface area contributed by atoms with E-state index in [1.165, 1.54) is 36.4 Å². The smallest absolute Gasteiger partial charge is 0.304 e. The molecule has 0 saturated heterocycles. The van der Waals surface area contributed by atoms with Gasteiger partial charge in [-0.3, -0.25) is 9.52 Å². The van der Waals surface area contributed by atoms with Crippen LogP contribution < -0.4 is 14.2 Å². The Kier molecular flexibility index (Phi) is 5.44. The average Bonchev–Trinajstić information content (AvgIpc) is 3.08. The normalized spacial score (nSPS) is 12.2. The molecular formula is C18H14ClNO6S. The van der Waals surface area contributed by atoms with Gasteiger partial charge in [0.15, 0.2) is 11.5 Å². The Balaban J connectivity index is 1.87. The number of fused-ring (bicyclic) bond motifs is 1. The molecule has 0 fully saturated rings. The summed E-state index contributed by atoms with van der Waals surface area (Å²) in [6, 6.07) is 8.83. The van der Waals surface area contributed by atoms with Gasteiger partial charge < -0.3 is 14.6 Å². The van der Waals surface area contributed by atoms with Gasteiger partial charge in [0, 0.05) is 17.5 Å². The number of rotatable bonds is 5. The van der Waals surface area contributed by atoms with E-state index in [0.717, 1.165) is 0 Å². The number of halogens is 1. The molecule has 140 valence electrons. The number of hydrogen-bond acceptors (Lipinski definition) is 5. The molecule has 1 heterocycles. The SMILES string of the molecule is O=C(O)CCC#Cc1cc(Cl)ccc1NS(=O)(=O)c1ccc2c(c1)OCO2. The lowest BCUT2D eigenvalue weighted by molar-refractivity contribution is -0.136. The third-order valence-corrected chi connectivity index (χ3v) is 5.17. The highest BCUT2D eigenvalue weighted by Gasteiger charge is 2.21. The van der Waals surface area contributed by atoms with Crippen molar-refractivity contribution in [2.75, 3.05) is 11.5 Å². The van der Waals surface area contributed by atoms with E-state index in [2.05, 4.69) is 16.6 Å². The molecule has 0 bridgehead atoms. The first-order valence-electron chi connectivity index (χ1n) is 7.78. The lowest BCUT2D eigenvalue weighted by Gasteiger charge is -2.11. The summed E-state index contributed by atoms with van der Waals surface area (Å²) in [7, 11) is -3.90. The molecule has 0 radical (unpaired) electrons. The van der Waals surface area contributed by atoms with E-state index in [1.54, 1.807) is 0 Å². The molecule has 2 aromatic carbocycles. The van der Waals surface area contributed by atoms with Crippen molar-refractivity contribution >= 4 is 33.3 Å². The number of benzene rings is 2. The molecule has 7 nitrogen and oxygen atoms in total. The van der Waals surface area contributed by atoms with Crippen molar-refractivity contribution in [2.24, 2.45) is 0 Å². The lowest BCUT2D eigenvalue weighted by Crippen LogP contribution is -2.13. The topological polar surface area (TPSA) is 102 Å². The van der Waals surface area contributed by atoms with Crippen molar-refractivity contribution in [2.45, 2.75) is 17.7 Å². The van der Waals surface area contributed by atoms with Crippen molar-refractivity contribution in [3.05, 3.63) is 47.0 Å². The summed E-state index contributed by atoms with van der Waals surface area (Å²) in [6.45, 7) is 0.0412. The van der Waals surface area contributed by atoms with Crippen molar-refractivity contribution in [3.63, 3.8) is 0 Å². The Morgan fingerprint density at radius 2 is 1.96 bits per heavy atom. The highest BCUT2D eigenvalue weighted by atomic mass is 35.5. The van der Waals surface area contributed by atoms with Gasteiger partial charge in [-0.15, -0.1) is 0 Å². The fourth-order valence-corrected chi connectivity index (χ4v) is 3.55. The van der Waals surface area contributed by atoms with Gasteiger partial charge in [0.05, 0.1) is 22.6 Å². The fourth-order valence-electron chi connectivity index (χ4n) is 2.28. The summed E-state index contributed by atoms with van der Waals surface area (Å²) in [5.74, 6) is 5.32. The lowest BCUT2D eigenvalue weighted by atomic mass is 10.2. The molecule has 0 aromatic heterocycles. The van der Waals surface area contributed by atoms with Gasteiger partial charge in [-0.2, -0.15) is 0 Å². The molecule has 9 heteroatoms. The van der Waals surface area contributed by atoms with Gasteiger partial charge >= 0.3 is 5.97 Å². The molecular weight excluding hydrogens is 394 g/mol. The van der Waals surface area contributed by atoms with Crippen molar-refractivity contribution in [1.82, 2.24) is 0 Å². The molecule has 1 aliphatic heterocycles. The number of carboxylic acids is 1. The van der Waals surface area contributed by atoms with Crippen LogP contribution in [0.5, 0.6) is 11.5 Å². The predicted octanol–water partition coefficient (Wildman–Crippen LogP) is 3.09. The van der Waals surface area contributed by atoms with Crippen LogP contribution in [0.15, 0.2) is 41.3 Å². The van der Waals surface area contributed by atoms with Crippen LogP contribution in [0.25, 0.3) is 0 Å². The number of aliphatic carboxylic acids is 1. The number of nitrogens with one attached hydrogen (secondary N) is 1. The molecule has 0 unspecified atom stereocenters. The summed E-state index contributed by atoms with van der Waals surface area (Å²) < 4.78 is 38.2. The maximum atomic E-state index is 12.7. The standard InChI is InChI=1S/C18H14ClNO6S/c19-13-5-7-15(12(9-13)3-1-2-4-18(21)22)20-27(23,24)14-6-8-16-17(10-14)26-11-25-16/h5-10,20H,2,4,11H2,(H,21,22). The Hall–Kier alpha value is -2.89. The first-order valence-corrected chi connectivity index (χ1v) is 9.64. The minimum absolute atomic E-state index is 0.00601. The molecule has 1 aliphatic rings. The number of hydrogen-bond donors (Lipinski definition) is 2. The largest absolute Gasteiger partial charge is 0.481 e. The third-order valence-electron chi connectivity index (χ3n) is 3.57. The van der Waals surface area contributed by atoms with E-state index >= 15 is 0 Å². The summed E-state index contributed by atoms with van der Waals surface area (Å²) in [4.78, 5) is 10.6. The summed E-state index contributed by atoms with van der Waals surface area (Å²) >= 11 is 5.96. The van der Waals surface area contributed by atoms with Crippen LogP contribution in [0.4, 0.5) is 5.69 Å². The Morgan fingerprint density at radius 3 is 2.74 bits per heavy atom. The number of ether oxygens (including phenoxy) is 2. The van der Waals surface area contributed by atoms with Gasteiger partial charge in [0.25, 0.3) is 10.0 Å². The van der Waals surface area contributed by atoms with Crippen LogP contribution in [0.3, 0.4) is 0 Å². The molecule has 0 amide bonds. The second-order valence-electron chi connectivity index (χ2n) is 5.51. The summed E-state index contributed by atoms with van der Waals surface area (Å²) in [6.07, 6.45) is 0.0298. The summed E-state index contributed by atoms with van der Waals surface area (Å²) in [5.41, 5.74) is 0.581. The van der Waals surface area contributed by atoms with Crippen LogP contribution in [0, 0.1) is 11.8 Å². The maximum Gasteiger partial charge on any atom is 0.304 e. The molecule has 0 saturated carbocycles. The highest BCUT2D eigenvalue weighted by Crippen LogP contribution is 2.34. The molecule has 0 atom stereocenters. The molecule has 27 heavy (non-hydrogen) atoms. The van der Waals surface area contributed by atoms with Gasteiger partial charge in [0.2, 0.25) is 6.79 Å². The molecule has 2 aromatic rings. The first kappa shape index (κ1) is 18.9. The Bertz CT molecular complexity index is 1060. The van der Waals surface area contributed by atoms with Crippen LogP contribution in [-0.4, -0.2) is 26.3 Å². The van der Waals surface area contributed by atoms with E-state index in [0.29, 0.717) is 22.1 Å². The number of sulfonamides is 1. The second kappa shape index (κ2) is 7.78. The average molecular weight is 408 g/mol. The van der Waals surface area contributed by atoms with Gasteiger partial charge in [-0.05, 0) is 30.3 Å². The fraction of sp³-hybridized carbons (Fsp3) is 0.167. The van der Waals surface area contributed by atoms with Crippen molar-refractivity contribution < 1.29 is 27.8 Å². The zero-order valence-electron chi connectivity index (χ0n) is 13.9. The third kappa shape index (κ3) is 4.64. The number of carboxylic acid groups (broad SMARTS) is 1. The van der Waals surface area contributed by atoms with Gasteiger partial charge in [0.1, 0.15) is 0 Å². The maximum absolute atomic E-state index is 12.7. The number of carbonyl (C=O) groups is 1. The van der Waals surface area contributed by atoms with E-state index in [4.69, 9.17) is 26.2 Å². The molecule has 0 spiro atoms. The van der Waals surface area contributed by atoms with Crippen LogP contribution in [-0.2, 0) is 14.8 Å². The van der Waals surface area contributed by atoms with Crippen molar-refractivity contribution in [3.8, 4) is 23.3 Å². The first-order chi connectivity index (χ1) is 12.8. The van der Waals surface area contributed by atoms with E-state index in [1.807, 2.05) is 0 Å². The molecule has 3 rings (SSSR count). The van der Waals surface area contributed by atoms with E-state index < -0.39 is 16.0 Å². The zero-order valence-corrected chi connectivity index (χ0v) is 15.4. The highest BCUT2D eigenvalue weighted by molar-refractivity contribution is 7.92. The Labute approximate surface area is 160 Å². The second-order valence-corrected chi connectivity index (χ2v) is 7.62. The minimum atomic E-state index is -3.90. The number of anilines is 1. The predicted molar refractivity (Wildman–Crippen MR) is 98.6 cm³/mol. The monoisotopic (exact) mass is 407 g/mol. The van der Waals surface area contributed by atoms with E-state index in [-0.39, 0.29) is 30.2 Å². The van der Waals surface area contributed by atoms with Gasteiger partial charge in [-0.25, -0.2) is 8.42 Å². The zero-order chi connectivity index (χ0) is 19.4. The molecule has 2 N–H and O–H groups in total. The van der Waals surface area contributed by atoms with Gasteiger partial charge in [-0.1, -0.05) is 23.4 Å². The van der Waals surface area contributed by atoms with E-state index in [9.17, 15) is 13.2 Å². The van der Waals surface area contributed by atoms with Crippen molar-refractivity contribution in [1.29, 1.82) is 0 Å². The molecule has 0 aliphatic carbocycles. The minimum Gasteiger partial charge on any atom is -0.481 e.